The van der Waals surface area contributed by atoms with Gasteiger partial charge in [-0.2, -0.15) is 0 Å². The molecule has 1 N–H and O–H groups in total. The number of aliphatic hydroxyl groups excluding tert-OH is 1. The van der Waals surface area contributed by atoms with Crippen molar-refractivity contribution < 1.29 is 10.0 Å². The zero-order chi connectivity index (χ0) is 14.3. The molecule has 1 aromatic carbocycles. The summed E-state index contributed by atoms with van der Waals surface area (Å²) in [5, 5.41) is 28.4. The predicted molar refractivity (Wildman–Crippen MR) is 71.0 cm³/mol. The molecule has 7 nitrogen and oxygen atoms in total. The highest BCUT2D eigenvalue weighted by molar-refractivity contribution is 5.62. The van der Waals surface area contributed by atoms with Gasteiger partial charge in [0.1, 0.15) is 6.61 Å². The van der Waals surface area contributed by atoms with E-state index < -0.39 is 4.92 Å². The summed E-state index contributed by atoms with van der Waals surface area (Å²) in [4.78, 5) is 10.6. The first-order valence-electron chi connectivity index (χ1n) is 6.42. The number of benzene rings is 1. The van der Waals surface area contributed by atoms with Crippen LogP contribution in [0.2, 0.25) is 0 Å². The average Bonchev–Trinajstić information content (AvgIpc) is 3.18. The largest absolute Gasteiger partial charge is 0.388 e. The Morgan fingerprint density at radius 2 is 2.20 bits per heavy atom. The number of rotatable bonds is 4. The summed E-state index contributed by atoms with van der Waals surface area (Å²) in [5.41, 5.74) is 1.33. The Kier molecular flexibility index (Phi) is 2.98. The zero-order valence-corrected chi connectivity index (χ0v) is 11.0. The Bertz CT molecular complexity index is 676. The third-order valence-corrected chi connectivity index (χ3v) is 3.48. The molecule has 0 spiro atoms. The van der Waals surface area contributed by atoms with Crippen LogP contribution in [0.4, 0.5) is 5.69 Å². The second-order valence-electron chi connectivity index (χ2n) is 4.96. The first-order chi connectivity index (χ1) is 9.61. The molecule has 3 rings (SSSR count). The van der Waals surface area contributed by atoms with Crippen LogP contribution in [-0.4, -0.2) is 24.8 Å². The topological polar surface area (TPSA) is 94.1 Å². The second kappa shape index (κ2) is 4.68. The predicted octanol–water partition coefficient (Wildman–Crippen LogP) is 1.99. The van der Waals surface area contributed by atoms with E-state index in [4.69, 9.17) is 0 Å². The lowest BCUT2D eigenvalue weighted by Crippen LogP contribution is -2.03. The van der Waals surface area contributed by atoms with Gasteiger partial charge in [-0.05, 0) is 19.8 Å². The third-order valence-electron chi connectivity index (χ3n) is 3.48. The monoisotopic (exact) mass is 274 g/mol. The molecule has 20 heavy (non-hydrogen) atoms. The number of aryl methyl sites for hydroxylation is 1. The molecule has 104 valence electrons. The van der Waals surface area contributed by atoms with E-state index in [0.29, 0.717) is 28.8 Å². The van der Waals surface area contributed by atoms with Crippen LogP contribution in [0.3, 0.4) is 0 Å². The van der Waals surface area contributed by atoms with Crippen molar-refractivity contribution in [3.8, 4) is 11.4 Å². The van der Waals surface area contributed by atoms with Gasteiger partial charge in [-0.3, -0.25) is 10.1 Å². The quantitative estimate of drug-likeness (QED) is 0.679. The number of nitro benzene ring substituents is 1. The van der Waals surface area contributed by atoms with Gasteiger partial charge in [0.15, 0.2) is 11.6 Å². The summed E-state index contributed by atoms with van der Waals surface area (Å²) >= 11 is 0. The molecule has 7 heteroatoms. The van der Waals surface area contributed by atoms with E-state index in [9.17, 15) is 15.2 Å². The number of hydrogen-bond donors (Lipinski definition) is 1. The maximum absolute atomic E-state index is 11.0. The fourth-order valence-electron chi connectivity index (χ4n) is 2.29. The summed E-state index contributed by atoms with van der Waals surface area (Å²) in [5.74, 6) is 1.09. The number of nitrogens with zero attached hydrogens (tertiary/aromatic N) is 4. The van der Waals surface area contributed by atoms with Gasteiger partial charge in [-0.1, -0.05) is 12.1 Å². The van der Waals surface area contributed by atoms with Crippen molar-refractivity contribution in [3.05, 3.63) is 39.7 Å². The van der Waals surface area contributed by atoms with Crippen molar-refractivity contribution in [2.75, 3.05) is 0 Å². The van der Waals surface area contributed by atoms with Crippen LogP contribution in [0.15, 0.2) is 18.2 Å². The van der Waals surface area contributed by atoms with E-state index >= 15 is 0 Å². The minimum atomic E-state index is -0.399. The van der Waals surface area contributed by atoms with Gasteiger partial charge >= 0.3 is 0 Å². The van der Waals surface area contributed by atoms with Gasteiger partial charge in [0.05, 0.1) is 4.92 Å². The Labute approximate surface area is 115 Å². The minimum Gasteiger partial charge on any atom is -0.388 e. The molecule has 0 radical (unpaired) electrons. The molecular formula is C13H14N4O3. The molecule has 0 saturated heterocycles. The van der Waals surface area contributed by atoms with Gasteiger partial charge < -0.3 is 9.67 Å². The van der Waals surface area contributed by atoms with Crippen molar-refractivity contribution >= 4 is 5.69 Å². The Balaban J connectivity index is 2.11. The smallest absolute Gasteiger partial charge is 0.273 e. The van der Waals surface area contributed by atoms with Gasteiger partial charge in [-0.15, -0.1) is 10.2 Å². The fourth-order valence-corrected chi connectivity index (χ4v) is 2.29. The first-order valence-corrected chi connectivity index (χ1v) is 6.42. The van der Waals surface area contributed by atoms with Crippen molar-refractivity contribution in [1.82, 2.24) is 14.8 Å². The summed E-state index contributed by atoms with van der Waals surface area (Å²) in [6, 6.07) is 5.31. The molecule has 1 saturated carbocycles. The highest BCUT2D eigenvalue weighted by Crippen LogP contribution is 2.39. The van der Waals surface area contributed by atoms with E-state index in [0.717, 1.165) is 12.8 Å². The molecule has 2 aromatic rings. The molecule has 0 bridgehead atoms. The second-order valence-corrected chi connectivity index (χ2v) is 4.96. The van der Waals surface area contributed by atoms with E-state index in [1.165, 1.54) is 6.07 Å². The summed E-state index contributed by atoms with van der Waals surface area (Å²) in [6.45, 7) is 1.52. The van der Waals surface area contributed by atoms with Crippen LogP contribution in [0, 0.1) is 17.0 Å². The number of hydrogen-bond acceptors (Lipinski definition) is 5. The fraction of sp³-hybridized carbons (Fsp3) is 0.385. The molecule has 0 atom stereocenters. The van der Waals surface area contributed by atoms with Crippen molar-refractivity contribution in [3.63, 3.8) is 0 Å². The average molecular weight is 274 g/mol. The zero-order valence-electron chi connectivity index (χ0n) is 11.0. The molecule has 1 aliphatic carbocycles. The summed E-state index contributed by atoms with van der Waals surface area (Å²) in [7, 11) is 0. The van der Waals surface area contributed by atoms with Crippen LogP contribution in [0.1, 0.15) is 30.3 Å². The normalized spacial score (nSPS) is 14.5. The Morgan fingerprint density at radius 1 is 1.45 bits per heavy atom. The first kappa shape index (κ1) is 12.7. The molecule has 1 fully saturated rings. The molecule has 0 aliphatic heterocycles. The molecule has 1 aromatic heterocycles. The number of nitro groups is 1. The van der Waals surface area contributed by atoms with E-state index in [1.54, 1.807) is 19.1 Å². The number of aliphatic hydroxyl groups is 1. The molecule has 0 unspecified atom stereocenters. The molecule has 1 aliphatic rings. The van der Waals surface area contributed by atoms with E-state index in [2.05, 4.69) is 10.2 Å². The number of aromatic nitrogens is 3. The highest BCUT2D eigenvalue weighted by Gasteiger charge is 2.30. The third kappa shape index (κ3) is 2.05. The van der Waals surface area contributed by atoms with Crippen molar-refractivity contribution in [2.24, 2.45) is 0 Å². The standard InChI is InChI=1S/C13H14N4O3/c1-8-2-3-9(6-11(8)17(19)20)13-15-14-12(7-18)16(13)10-4-5-10/h2-3,6,10,18H,4-5,7H2,1H3. The van der Waals surface area contributed by atoms with Crippen LogP contribution < -0.4 is 0 Å². The highest BCUT2D eigenvalue weighted by atomic mass is 16.6. The molecule has 0 amide bonds. The molecule has 1 heterocycles. The molecular weight excluding hydrogens is 260 g/mol. The lowest BCUT2D eigenvalue weighted by atomic mass is 10.1. The maximum Gasteiger partial charge on any atom is 0.273 e. The van der Waals surface area contributed by atoms with Gasteiger partial charge in [0, 0.05) is 23.2 Å². The minimum absolute atomic E-state index is 0.0680. The van der Waals surface area contributed by atoms with E-state index in [1.807, 2.05) is 4.57 Å². The summed E-state index contributed by atoms with van der Waals surface area (Å²) < 4.78 is 1.88. The Hall–Kier alpha value is -2.28. The lowest BCUT2D eigenvalue weighted by Gasteiger charge is -2.08. The van der Waals surface area contributed by atoms with E-state index in [-0.39, 0.29) is 12.3 Å². The SMILES string of the molecule is Cc1ccc(-c2nnc(CO)n2C2CC2)cc1[N+](=O)[O-]. The van der Waals surface area contributed by atoms with Gasteiger partial charge in [-0.25, -0.2) is 0 Å². The van der Waals surface area contributed by atoms with Crippen LogP contribution in [0.25, 0.3) is 11.4 Å². The van der Waals surface area contributed by atoms with Crippen molar-refractivity contribution in [2.45, 2.75) is 32.4 Å². The van der Waals surface area contributed by atoms with Gasteiger partial charge in [0.2, 0.25) is 0 Å². The summed E-state index contributed by atoms with van der Waals surface area (Å²) in [6.07, 6.45) is 2.04. The van der Waals surface area contributed by atoms with Crippen LogP contribution in [-0.2, 0) is 6.61 Å². The Morgan fingerprint density at radius 3 is 2.80 bits per heavy atom. The van der Waals surface area contributed by atoms with Crippen LogP contribution >= 0.6 is 0 Å². The lowest BCUT2D eigenvalue weighted by molar-refractivity contribution is -0.385. The van der Waals surface area contributed by atoms with Gasteiger partial charge in [0.25, 0.3) is 5.69 Å². The maximum atomic E-state index is 11.0. The van der Waals surface area contributed by atoms with Crippen molar-refractivity contribution in [1.29, 1.82) is 0 Å². The van der Waals surface area contributed by atoms with Crippen LogP contribution in [0.5, 0.6) is 0 Å².